The van der Waals surface area contributed by atoms with Crippen LogP contribution in [0.25, 0.3) is 0 Å². The lowest BCUT2D eigenvalue weighted by Gasteiger charge is -2.39. The van der Waals surface area contributed by atoms with Gasteiger partial charge in [0.15, 0.2) is 0 Å². The van der Waals surface area contributed by atoms with Crippen LogP contribution in [0.15, 0.2) is 108 Å². The molecule has 0 atom stereocenters. The number of nitrogens with one attached hydrogen (secondary N) is 1. The van der Waals surface area contributed by atoms with Gasteiger partial charge in [0.25, 0.3) is 5.91 Å². The maximum atomic E-state index is 13.8. The molecule has 0 spiro atoms. The highest BCUT2D eigenvalue weighted by Crippen LogP contribution is 2.33. The van der Waals surface area contributed by atoms with Crippen molar-refractivity contribution in [2.24, 2.45) is 0 Å². The Morgan fingerprint density at radius 3 is 2.07 bits per heavy atom. The molecule has 0 unspecified atom stereocenters. The molecule has 5 rings (SSSR count). The lowest BCUT2D eigenvalue weighted by atomic mass is 9.96. The molecule has 1 fully saturated rings. The Morgan fingerprint density at radius 1 is 0.854 bits per heavy atom. The number of nitrogens with zero attached hydrogens (tertiary/aromatic N) is 2. The molecule has 1 amide bonds. The van der Waals surface area contributed by atoms with Crippen LogP contribution in [0.5, 0.6) is 5.75 Å². The van der Waals surface area contributed by atoms with E-state index in [1.165, 1.54) is 27.6 Å². The minimum absolute atomic E-state index is 0.0287. The molecule has 212 valence electrons. The summed E-state index contributed by atoms with van der Waals surface area (Å²) in [5.74, 6) is -0.0234. The van der Waals surface area contributed by atoms with Gasteiger partial charge in [0.2, 0.25) is 10.0 Å². The van der Waals surface area contributed by atoms with Crippen molar-refractivity contribution >= 4 is 33.2 Å². The first-order chi connectivity index (χ1) is 19.9. The van der Waals surface area contributed by atoms with Crippen molar-refractivity contribution in [3.8, 4) is 5.75 Å². The number of sulfonamides is 1. The third kappa shape index (κ3) is 6.63. The number of carbonyl (C=O) groups excluding carboxylic acids is 1. The highest BCUT2D eigenvalue weighted by atomic mass is 35.5. The normalized spacial score (nSPS) is 14.6. The molecule has 0 aliphatic carbocycles. The van der Waals surface area contributed by atoms with E-state index in [-0.39, 0.29) is 16.6 Å². The van der Waals surface area contributed by atoms with E-state index in [2.05, 4.69) is 34.5 Å². The fourth-order valence-corrected chi connectivity index (χ4v) is 6.75. The van der Waals surface area contributed by atoms with Crippen molar-refractivity contribution in [3.05, 3.63) is 125 Å². The van der Waals surface area contributed by atoms with Crippen LogP contribution in [0.3, 0.4) is 0 Å². The molecular formula is C32H32ClN3O4S. The van der Waals surface area contributed by atoms with Crippen LogP contribution in [0.4, 0.5) is 5.69 Å². The fraction of sp³-hybridized carbons (Fsp3) is 0.219. The summed E-state index contributed by atoms with van der Waals surface area (Å²) in [6.45, 7) is 4.01. The number of carbonyl (C=O) groups is 1. The Balaban J connectivity index is 1.36. The predicted molar refractivity (Wildman–Crippen MR) is 162 cm³/mol. The monoisotopic (exact) mass is 589 g/mol. The standard InChI is InChI=1S/C32H32ClN3O4S/c1-2-40-30-17-16-28(23-29(30)34-32(37)26-14-9-15-27(33)22-26)41(38,39)36-20-18-35(19-21-36)31(24-10-5-3-6-11-24)25-12-7-4-8-13-25/h3-17,22-23,31H,2,18-21H2,1H3,(H,34,37). The van der Waals surface area contributed by atoms with E-state index in [1.807, 2.05) is 43.3 Å². The Labute approximate surface area is 246 Å². The van der Waals surface area contributed by atoms with E-state index in [4.69, 9.17) is 16.3 Å². The summed E-state index contributed by atoms with van der Waals surface area (Å²) in [5, 5.41) is 3.23. The van der Waals surface area contributed by atoms with Crippen LogP contribution in [0.2, 0.25) is 5.02 Å². The summed E-state index contributed by atoms with van der Waals surface area (Å²) in [6.07, 6.45) is 0. The quantitative estimate of drug-likeness (QED) is 0.256. The van der Waals surface area contributed by atoms with E-state index < -0.39 is 15.9 Å². The molecular weight excluding hydrogens is 558 g/mol. The van der Waals surface area contributed by atoms with Crippen molar-refractivity contribution in [3.63, 3.8) is 0 Å². The molecule has 7 nitrogen and oxygen atoms in total. The van der Waals surface area contributed by atoms with Gasteiger partial charge in [-0.1, -0.05) is 78.3 Å². The number of hydrogen-bond donors (Lipinski definition) is 1. The highest BCUT2D eigenvalue weighted by Gasteiger charge is 2.32. The molecule has 1 aliphatic heterocycles. The van der Waals surface area contributed by atoms with Crippen molar-refractivity contribution in [1.29, 1.82) is 0 Å². The van der Waals surface area contributed by atoms with Gasteiger partial charge >= 0.3 is 0 Å². The average Bonchev–Trinajstić information content (AvgIpc) is 2.99. The lowest BCUT2D eigenvalue weighted by Crippen LogP contribution is -2.49. The first-order valence-corrected chi connectivity index (χ1v) is 15.4. The molecule has 4 aromatic carbocycles. The SMILES string of the molecule is CCOc1ccc(S(=O)(=O)N2CCN(C(c3ccccc3)c3ccccc3)CC2)cc1NC(=O)c1cccc(Cl)c1. The number of ether oxygens (including phenoxy) is 1. The van der Waals surface area contributed by atoms with Gasteiger partial charge in [0, 0.05) is 36.8 Å². The summed E-state index contributed by atoms with van der Waals surface area (Å²) in [6, 6.07) is 31.7. The van der Waals surface area contributed by atoms with Crippen molar-refractivity contribution in [2.75, 3.05) is 38.1 Å². The molecule has 1 aliphatic rings. The Morgan fingerprint density at radius 2 is 1.49 bits per heavy atom. The Hall–Kier alpha value is -3.69. The third-order valence-electron chi connectivity index (χ3n) is 7.09. The van der Waals surface area contributed by atoms with E-state index >= 15 is 0 Å². The van der Waals surface area contributed by atoms with Crippen LogP contribution >= 0.6 is 11.6 Å². The maximum Gasteiger partial charge on any atom is 0.255 e. The van der Waals surface area contributed by atoms with Crippen LogP contribution in [-0.2, 0) is 10.0 Å². The van der Waals surface area contributed by atoms with Crippen LogP contribution < -0.4 is 10.1 Å². The second-order valence-corrected chi connectivity index (χ2v) is 12.1. The summed E-state index contributed by atoms with van der Waals surface area (Å²) in [5.41, 5.74) is 2.98. The number of piperazine rings is 1. The number of hydrogen-bond acceptors (Lipinski definition) is 5. The second kappa shape index (κ2) is 12.9. The summed E-state index contributed by atoms with van der Waals surface area (Å²) in [7, 11) is -3.82. The van der Waals surface area contributed by atoms with Gasteiger partial charge in [0.1, 0.15) is 5.75 Å². The van der Waals surface area contributed by atoms with E-state index in [9.17, 15) is 13.2 Å². The van der Waals surface area contributed by atoms with Crippen LogP contribution in [0, 0.1) is 0 Å². The minimum Gasteiger partial charge on any atom is -0.492 e. The minimum atomic E-state index is -3.82. The predicted octanol–water partition coefficient (Wildman–Crippen LogP) is 6.09. The second-order valence-electron chi connectivity index (χ2n) is 9.72. The fourth-order valence-electron chi connectivity index (χ4n) is 5.11. The van der Waals surface area contributed by atoms with Gasteiger partial charge in [-0.2, -0.15) is 4.31 Å². The summed E-state index contributed by atoms with van der Waals surface area (Å²) < 4.78 is 34.7. The molecule has 0 bridgehead atoms. The number of halogens is 1. The maximum absolute atomic E-state index is 13.8. The van der Waals surface area contributed by atoms with Crippen molar-refractivity contribution in [2.45, 2.75) is 17.9 Å². The van der Waals surface area contributed by atoms with Gasteiger partial charge < -0.3 is 10.1 Å². The molecule has 0 saturated carbocycles. The van der Waals surface area contributed by atoms with Crippen molar-refractivity contribution in [1.82, 2.24) is 9.21 Å². The molecule has 9 heteroatoms. The van der Waals surface area contributed by atoms with Gasteiger partial charge in [-0.15, -0.1) is 0 Å². The Bertz CT molecular complexity index is 1550. The summed E-state index contributed by atoms with van der Waals surface area (Å²) >= 11 is 6.05. The largest absolute Gasteiger partial charge is 0.492 e. The molecule has 0 radical (unpaired) electrons. The zero-order valence-electron chi connectivity index (χ0n) is 22.7. The van der Waals surface area contributed by atoms with Gasteiger partial charge in [-0.3, -0.25) is 9.69 Å². The van der Waals surface area contributed by atoms with E-state index in [0.717, 1.165) is 0 Å². The molecule has 1 heterocycles. The van der Waals surface area contributed by atoms with E-state index in [1.54, 1.807) is 30.3 Å². The van der Waals surface area contributed by atoms with Gasteiger partial charge in [-0.25, -0.2) is 8.42 Å². The molecule has 0 aromatic heterocycles. The zero-order chi connectivity index (χ0) is 28.8. The molecule has 4 aromatic rings. The Kier molecular flexibility index (Phi) is 9.05. The van der Waals surface area contributed by atoms with Gasteiger partial charge in [-0.05, 0) is 54.4 Å². The first kappa shape index (κ1) is 28.8. The number of amides is 1. The number of rotatable bonds is 9. The lowest BCUT2D eigenvalue weighted by molar-refractivity contribution is 0.102. The summed E-state index contributed by atoms with van der Waals surface area (Å²) in [4.78, 5) is 15.3. The smallest absolute Gasteiger partial charge is 0.255 e. The molecule has 1 saturated heterocycles. The zero-order valence-corrected chi connectivity index (χ0v) is 24.3. The molecule has 41 heavy (non-hydrogen) atoms. The van der Waals surface area contributed by atoms with Gasteiger partial charge in [0.05, 0.1) is 23.2 Å². The van der Waals surface area contributed by atoms with Crippen molar-refractivity contribution < 1.29 is 17.9 Å². The average molecular weight is 590 g/mol. The first-order valence-electron chi connectivity index (χ1n) is 13.5. The topological polar surface area (TPSA) is 79.0 Å². The molecule has 1 N–H and O–H groups in total. The van der Waals surface area contributed by atoms with Crippen LogP contribution in [0.1, 0.15) is 34.5 Å². The highest BCUT2D eigenvalue weighted by molar-refractivity contribution is 7.89. The van der Waals surface area contributed by atoms with Crippen LogP contribution in [-0.4, -0.2) is 56.3 Å². The van der Waals surface area contributed by atoms with E-state index in [0.29, 0.717) is 49.1 Å². The number of benzene rings is 4. The number of anilines is 1. The third-order valence-corrected chi connectivity index (χ3v) is 9.22.